The van der Waals surface area contributed by atoms with Crippen molar-refractivity contribution >= 4 is 56.4 Å². The lowest BCUT2D eigenvalue weighted by Gasteiger charge is -2.31. The number of aliphatic hydroxyl groups is 1. The number of aliphatic hydroxyl groups excluding tert-OH is 1. The monoisotopic (exact) mass is 678 g/mol. The molecule has 0 aliphatic carbocycles. The van der Waals surface area contributed by atoms with Gasteiger partial charge in [-0.15, -0.1) is 23.5 Å². The summed E-state index contributed by atoms with van der Waals surface area (Å²) in [4.78, 5) is 0. The number of phenols is 2. The van der Waals surface area contributed by atoms with Gasteiger partial charge in [-0.3, -0.25) is 0 Å². The third kappa shape index (κ3) is 10.4. The minimum Gasteiger partial charge on any atom is -0.508 e. The van der Waals surface area contributed by atoms with Gasteiger partial charge in [-0.1, -0.05) is 108 Å². The molecular formula is C36H54O4S4. The Labute approximate surface area is 286 Å². The minimum absolute atomic E-state index is 0.0751. The van der Waals surface area contributed by atoms with Crippen molar-refractivity contribution in [2.75, 3.05) is 19.0 Å². The molecule has 0 aromatic heterocycles. The van der Waals surface area contributed by atoms with E-state index in [4.69, 9.17) is 29.2 Å². The van der Waals surface area contributed by atoms with Crippen LogP contribution in [0.5, 0.6) is 11.5 Å². The third-order valence-electron chi connectivity index (χ3n) is 7.38. The van der Waals surface area contributed by atoms with E-state index in [1.54, 1.807) is 11.8 Å². The van der Waals surface area contributed by atoms with Crippen LogP contribution < -0.4 is 0 Å². The summed E-state index contributed by atoms with van der Waals surface area (Å²) in [6.07, 6.45) is -0.113. The number of benzene rings is 2. The quantitative estimate of drug-likeness (QED) is 0.227. The smallest absolute Gasteiger partial charge is 0.116 e. The molecule has 2 rings (SSSR count). The van der Waals surface area contributed by atoms with Gasteiger partial charge in [-0.05, 0) is 75.1 Å². The van der Waals surface area contributed by atoms with Crippen LogP contribution in [0.3, 0.4) is 0 Å². The van der Waals surface area contributed by atoms with Crippen LogP contribution in [-0.2, 0) is 26.4 Å². The lowest BCUT2D eigenvalue weighted by atomic mass is 9.76. The summed E-state index contributed by atoms with van der Waals surface area (Å²) in [5.74, 6) is 1.15. The number of thioether (sulfide) groups is 2. The number of ether oxygens (including phenoxy) is 1. The van der Waals surface area contributed by atoms with E-state index in [1.807, 2.05) is 31.2 Å². The number of phenolic OH excluding ortho intramolecular Hbond substituents is 2. The van der Waals surface area contributed by atoms with Crippen LogP contribution in [0.1, 0.15) is 123 Å². The van der Waals surface area contributed by atoms with Crippen molar-refractivity contribution in [2.24, 2.45) is 0 Å². The minimum atomic E-state index is -0.242. The highest BCUT2D eigenvalue weighted by Crippen LogP contribution is 2.41. The van der Waals surface area contributed by atoms with E-state index >= 15 is 0 Å². The standard InChI is InChI=1S/C36H54O4S4/c1-21(20-43-31(41)29-25(33(2,3)4)14-22(38)15-26(29)34(5,6)7)40-19-24(18-37)44-32(42)30-27(35(8,9)10)16-23(39)17-28(30)36(11,12)13/h14-17,21,24,37-39H,18-20H2,1-13H3. The molecule has 246 valence electrons. The zero-order valence-corrected chi connectivity index (χ0v) is 32.2. The molecule has 0 saturated heterocycles. The normalized spacial score (nSPS) is 14.4. The van der Waals surface area contributed by atoms with Crippen LogP contribution in [0.4, 0.5) is 0 Å². The first kappa shape index (κ1) is 39.0. The maximum atomic E-state index is 10.6. The summed E-state index contributed by atoms with van der Waals surface area (Å²) >= 11 is 15.1. The first-order valence-corrected chi connectivity index (χ1v) is 17.9. The van der Waals surface area contributed by atoms with Crippen molar-refractivity contribution in [1.82, 2.24) is 0 Å². The number of hydrogen-bond donors (Lipinski definition) is 3. The second-order valence-corrected chi connectivity index (χ2v) is 19.5. The van der Waals surface area contributed by atoms with Gasteiger partial charge in [-0.2, -0.15) is 0 Å². The molecule has 0 saturated carbocycles. The van der Waals surface area contributed by atoms with Crippen molar-refractivity contribution in [3.63, 3.8) is 0 Å². The fourth-order valence-corrected chi connectivity index (χ4v) is 7.74. The Hall–Kier alpha value is -1.16. The fraction of sp³-hybridized carbons (Fsp3) is 0.611. The Bertz CT molecular complexity index is 1270. The van der Waals surface area contributed by atoms with Crippen molar-refractivity contribution in [3.8, 4) is 11.5 Å². The molecule has 44 heavy (non-hydrogen) atoms. The van der Waals surface area contributed by atoms with Crippen LogP contribution in [0.2, 0.25) is 0 Å². The Balaban J connectivity index is 2.21. The Kier molecular flexibility index (Phi) is 13.1. The van der Waals surface area contributed by atoms with E-state index < -0.39 is 0 Å². The van der Waals surface area contributed by atoms with E-state index in [2.05, 4.69) is 83.1 Å². The molecule has 8 heteroatoms. The molecule has 4 nitrogen and oxygen atoms in total. The largest absolute Gasteiger partial charge is 0.508 e. The highest BCUT2D eigenvalue weighted by molar-refractivity contribution is 8.24. The molecule has 2 atom stereocenters. The molecule has 0 heterocycles. The predicted octanol–water partition coefficient (Wildman–Crippen LogP) is 9.57. The molecule has 3 N–H and O–H groups in total. The molecule has 0 radical (unpaired) electrons. The van der Waals surface area contributed by atoms with Crippen LogP contribution in [0.15, 0.2) is 24.3 Å². The van der Waals surface area contributed by atoms with E-state index in [0.29, 0.717) is 16.6 Å². The zero-order valence-electron chi connectivity index (χ0n) is 29.0. The first-order valence-electron chi connectivity index (χ1n) is 15.2. The molecule has 0 bridgehead atoms. The van der Waals surface area contributed by atoms with Gasteiger partial charge >= 0.3 is 0 Å². The second kappa shape index (κ2) is 14.7. The summed E-state index contributed by atoms with van der Waals surface area (Å²) in [7, 11) is 0. The van der Waals surface area contributed by atoms with E-state index in [-0.39, 0.29) is 51.1 Å². The zero-order chi connectivity index (χ0) is 34.0. The van der Waals surface area contributed by atoms with Gasteiger partial charge in [-0.25, -0.2) is 0 Å². The average Bonchev–Trinajstić information content (AvgIpc) is 2.86. The maximum Gasteiger partial charge on any atom is 0.116 e. The topological polar surface area (TPSA) is 69.9 Å². The number of hydrogen-bond acceptors (Lipinski definition) is 8. The van der Waals surface area contributed by atoms with E-state index in [0.717, 1.165) is 37.6 Å². The van der Waals surface area contributed by atoms with Crippen LogP contribution >= 0.6 is 48.0 Å². The molecule has 2 aromatic carbocycles. The fourth-order valence-electron chi connectivity index (χ4n) is 4.98. The van der Waals surface area contributed by atoms with Gasteiger partial charge in [0.25, 0.3) is 0 Å². The summed E-state index contributed by atoms with van der Waals surface area (Å²) in [5.41, 5.74) is 5.22. The van der Waals surface area contributed by atoms with Crippen molar-refractivity contribution < 1.29 is 20.1 Å². The van der Waals surface area contributed by atoms with E-state index in [9.17, 15) is 15.3 Å². The molecular weight excluding hydrogens is 625 g/mol. The molecule has 0 fully saturated rings. The molecule has 0 amide bonds. The summed E-state index contributed by atoms with van der Waals surface area (Å²) in [6.45, 7) is 27.8. The predicted molar refractivity (Wildman–Crippen MR) is 201 cm³/mol. The van der Waals surface area contributed by atoms with Gasteiger partial charge in [0.15, 0.2) is 0 Å². The number of rotatable bonds is 9. The summed E-state index contributed by atoms with van der Waals surface area (Å²) < 4.78 is 7.74. The Morgan fingerprint density at radius 3 is 1.34 bits per heavy atom. The number of aromatic hydroxyl groups is 2. The van der Waals surface area contributed by atoms with Gasteiger partial charge in [0.05, 0.1) is 33.0 Å². The highest BCUT2D eigenvalue weighted by Gasteiger charge is 2.31. The van der Waals surface area contributed by atoms with Crippen molar-refractivity contribution in [2.45, 2.75) is 123 Å². The Morgan fingerprint density at radius 2 is 1.02 bits per heavy atom. The van der Waals surface area contributed by atoms with Crippen LogP contribution in [-0.4, -0.2) is 54.0 Å². The molecule has 0 aliphatic rings. The van der Waals surface area contributed by atoms with Gasteiger partial charge in [0.1, 0.15) is 11.5 Å². The Morgan fingerprint density at radius 1 is 0.682 bits per heavy atom. The molecule has 0 spiro atoms. The molecule has 0 aliphatic heterocycles. The second-order valence-electron chi connectivity index (χ2n) is 15.8. The van der Waals surface area contributed by atoms with Crippen LogP contribution in [0.25, 0.3) is 0 Å². The number of thiocarbonyl (C=S) groups is 2. The van der Waals surface area contributed by atoms with E-state index in [1.165, 1.54) is 11.8 Å². The van der Waals surface area contributed by atoms with Crippen LogP contribution in [0, 0.1) is 0 Å². The third-order valence-corrected chi connectivity index (χ3v) is 10.6. The SMILES string of the molecule is CC(CSC(=S)c1c(C(C)(C)C)cc(O)cc1C(C)(C)C)OCC(CO)SC(=S)c1c(C(C)(C)C)cc(O)cc1C(C)(C)C. The summed E-state index contributed by atoms with van der Waals surface area (Å²) in [5, 5.41) is 31.1. The van der Waals surface area contributed by atoms with Gasteiger partial charge in [0.2, 0.25) is 0 Å². The molecule has 2 unspecified atom stereocenters. The lowest BCUT2D eigenvalue weighted by molar-refractivity contribution is 0.0741. The summed E-state index contributed by atoms with van der Waals surface area (Å²) in [6, 6.07) is 7.31. The first-order chi connectivity index (χ1) is 19.9. The lowest BCUT2D eigenvalue weighted by Crippen LogP contribution is -2.26. The maximum absolute atomic E-state index is 10.6. The molecule has 2 aromatic rings. The van der Waals surface area contributed by atoms with Gasteiger partial charge < -0.3 is 20.1 Å². The van der Waals surface area contributed by atoms with Crippen molar-refractivity contribution in [3.05, 3.63) is 57.6 Å². The average molecular weight is 679 g/mol. The van der Waals surface area contributed by atoms with Gasteiger partial charge in [0, 0.05) is 16.9 Å². The highest BCUT2D eigenvalue weighted by atomic mass is 32.2. The van der Waals surface area contributed by atoms with Crippen molar-refractivity contribution in [1.29, 1.82) is 0 Å².